The van der Waals surface area contributed by atoms with Gasteiger partial charge in [-0.1, -0.05) is 6.42 Å². The Hall–Kier alpha value is 0.310. The van der Waals surface area contributed by atoms with Crippen molar-refractivity contribution in [1.29, 1.82) is 0 Å². The van der Waals surface area contributed by atoms with Gasteiger partial charge in [-0.05, 0) is 19.4 Å². The number of hydrogen-bond acceptors (Lipinski definition) is 2. The van der Waals surface area contributed by atoms with Crippen molar-refractivity contribution in [2.24, 2.45) is 0 Å². The Morgan fingerprint density at radius 3 is 3.10 bits per heavy atom. The highest BCUT2D eigenvalue weighted by Gasteiger charge is 2.24. The second-order valence-electron chi connectivity index (χ2n) is 3.26. The SMILES string of the molecule is C1CCN2CCSCC2C1. The van der Waals surface area contributed by atoms with Crippen LogP contribution in [0.3, 0.4) is 0 Å². The Kier molecular flexibility index (Phi) is 2.19. The quantitative estimate of drug-likeness (QED) is 0.525. The van der Waals surface area contributed by atoms with Gasteiger partial charge in [-0.2, -0.15) is 11.8 Å². The van der Waals surface area contributed by atoms with Crippen LogP contribution in [0.4, 0.5) is 0 Å². The summed E-state index contributed by atoms with van der Waals surface area (Å²) in [6.07, 6.45) is 4.38. The fraction of sp³-hybridized carbons (Fsp3) is 1.00. The monoisotopic (exact) mass is 157 g/mol. The third kappa shape index (κ3) is 1.32. The van der Waals surface area contributed by atoms with E-state index in [0.717, 1.165) is 6.04 Å². The summed E-state index contributed by atoms with van der Waals surface area (Å²) in [5.74, 6) is 2.77. The summed E-state index contributed by atoms with van der Waals surface area (Å²) in [6, 6.07) is 0.951. The fourth-order valence-electron chi connectivity index (χ4n) is 1.94. The molecule has 0 bridgehead atoms. The van der Waals surface area contributed by atoms with Crippen molar-refractivity contribution in [3.05, 3.63) is 0 Å². The molecule has 2 aliphatic heterocycles. The second-order valence-corrected chi connectivity index (χ2v) is 4.41. The Bertz CT molecular complexity index is 89.8. The first-order valence-electron chi connectivity index (χ1n) is 4.28. The van der Waals surface area contributed by atoms with Crippen molar-refractivity contribution in [3.63, 3.8) is 0 Å². The van der Waals surface area contributed by atoms with Gasteiger partial charge in [-0.25, -0.2) is 0 Å². The smallest absolute Gasteiger partial charge is 0.0186 e. The molecule has 58 valence electrons. The van der Waals surface area contributed by atoms with Crippen molar-refractivity contribution in [1.82, 2.24) is 4.90 Å². The van der Waals surface area contributed by atoms with Gasteiger partial charge in [-0.3, -0.25) is 4.90 Å². The van der Waals surface area contributed by atoms with Crippen LogP contribution in [0.1, 0.15) is 19.3 Å². The van der Waals surface area contributed by atoms with E-state index in [4.69, 9.17) is 0 Å². The molecule has 0 spiro atoms. The molecule has 2 aliphatic rings. The van der Waals surface area contributed by atoms with Gasteiger partial charge < -0.3 is 0 Å². The highest BCUT2D eigenvalue weighted by atomic mass is 32.2. The van der Waals surface area contributed by atoms with Crippen LogP contribution in [0.25, 0.3) is 0 Å². The molecule has 0 radical (unpaired) electrons. The van der Waals surface area contributed by atoms with Gasteiger partial charge in [-0.15, -0.1) is 0 Å². The Labute approximate surface area is 67.2 Å². The zero-order valence-electron chi connectivity index (χ0n) is 6.38. The molecule has 2 saturated heterocycles. The van der Waals surface area contributed by atoms with Crippen LogP contribution in [0.2, 0.25) is 0 Å². The largest absolute Gasteiger partial charge is 0.299 e. The zero-order valence-corrected chi connectivity index (χ0v) is 7.20. The molecule has 0 amide bonds. The van der Waals surface area contributed by atoms with Gasteiger partial charge in [0.15, 0.2) is 0 Å². The van der Waals surface area contributed by atoms with E-state index in [0.29, 0.717) is 0 Å². The highest BCUT2D eigenvalue weighted by molar-refractivity contribution is 7.99. The molecule has 0 saturated carbocycles. The molecule has 2 heterocycles. The number of fused-ring (bicyclic) bond motifs is 1. The normalized spacial score (nSPS) is 35.4. The first kappa shape index (κ1) is 6.99. The third-order valence-electron chi connectivity index (χ3n) is 2.58. The third-order valence-corrected chi connectivity index (χ3v) is 3.67. The highest BCUT2D eigenvalue weighted by Crippen LogP contribution is 2.24. The molecule has 1 unspecified atom stereocenters. The maximum atomic E-state index is 2.68. The van der Waals surface area contributed by atoms with Crippen LogP contribution >= 0.6 is 11.8 Å². The fourth-order valence-corrected chi connectivity index (χ4v) is 3.12. The van der Waals surface area contributed by atoms with Gasteiger partial charge in [0.2, 0.25) is 0 Å². The second kappa shape index (κ2) is 3.14. The average Bonchev–Trinajstić information content (AvgIpc) is 2.05. The van der Waals surface area contributed by atoms with E-state index in [2.05, 4.69) is 16.7 Å². The molecule has 0 aromatic rings. The molecule has 2 fully saturated rings. The number of thioether (sulfide) groups is 1. The number of piperidine rings is 1. The van der Waals surface area contributed by atoms with E-state index in [9.17, 15) is 0 Å². The van der Waals surface area contributed by atoms with Crippen molar-refractivity contribution < 1.29 is 0 Å². The lowest BCUT2D eigenvalue weighted by Crippen LogP contribution is -2.45. The topological polar surface area (TPSA) is 3.24 Å². The lowest BCUT2D eigenvalue weighted by atomic mass is 10.0. The summed E-state index contributed by atoms with van der Waals surface area (Å²) < 4.78 is 0. The first-order chi connectivity index (χ1) is 4.97. The lowest BCUT2D eigenvalue weighted by molar-refractivity contribution is 0.169. The van der Waals surface area contributed by atoms with E-state index in [-0.39, 0.29) is 0 Å². The maximum Gasteiger partial charge on any atom is 0.0186 e. The standard InChI is InChI=1S/C8H15NS/c1-2-4-9-5-6-10-7-8(9)3-1/h8H,1-7H2. The van der Waals surface area contributed by atoms with E-state index >= 15 is 0 Å². The summed E-state index contributed by atoms with van der Waals surface area (Å²) in [7, 11) is 0. The Morgan fingerprint density at radius 2 is 2.20 bits per heavy atom. The van der Waals surface area contributed by atoms with Crippen LogP contribution in [0.15, 0.2) is 0 Å². The summed E-state index contributed by atoms with van der Waals surface area (Å²) in [5, 5.41) is 0. The minimum absolute atomic E-state index is 0.951. The number of rotatable bonds is 0. The molecule has 0 aliphatic carbocycles. The van der Waals surface area contributed by atoms with Crippen LogP contribution in [0.5, 0.6) is 0 Å². The minimum Gasteiger partial charge on any atom is -0.299 e. The van der Waals surface area contributed by atoms with Crippen molar-refractivity contribution in [2.45, 2.75) is 25.3 Å². The summed E-state index contributed by atoms with van der Waals surface area (Å²) in [6.45, 7) is 2.74. The van der Waals surface area contributed by atoms with Crippen molar-refractivity contribution >= 4 is 11.8 Å². The van der Waals surface area contributed by atoms with Crippen molar-refractivity contribution in [3.8, 4) is 0 Å². The number of hydrogen-bond donors (Lipinski definition) is 0. The molecule has 0 N–H and O–H groups in total. The molecule has 2 rings (SSSR count). The van der Waals surface area contributed by atoms with Crippen LogP contribution in [-0.2, 0) is 0 Å². The van der Waals surface area contributed by atoms with E-state index < -0.39 is 0 Å². The first-order valence-corrected chi connectivity index (χ1v) is 5.44. The molecule has 10 heavy (non-hydrogen) atoms. The van der Waals surface area contributed by atoms with Gasteiger partial charge in [0.05, 0.1) is 0 Å². The van der Waals surface area contributed by atoms with Crippen molar-refractivity contribution in [2.75, 3.05) is 24.6 Å². The number of nitrogens with zero attached hydrogens (tertiary/aromatic N) is 1. The van der Waals surface area contributed by atoms with Crippen LogP contribution in [-0.4, -0.2) is 35.5 Å². The van der Waals surface area contributed by atoms with Gasteiger partial charge >= 0.3 is 0 Å². The predicted octanol–water partition coefficient (Wildman–Crippen LogP) is 1.59. The molecule has 1 nitrogen and oxygen atoms in total. The van der Waals surface area contributed by atoms with E-state index in [1.165, 1.54) is 43.9 Å². The molecule has 0 aromatic carbocycles. The Morgan fingerprint density at radius 1 is 1.20 bits per heavy atom. The summed E-state index contributed by atoms with van der Waals surface area (Å²) >= 11 is 2.14. The average molecular weight is 157 g/mol. The van der Waals surface area contributed by atoms with Crippen LogP contribution < -0.4 is 0 Å². The van der Waals surface area contributed by atoms with E-state index in [1.54, 1.807) is 0 Å². The predicted molar refractivity (Wildman–Crippen MR) is 46.5 cm³/mol. The molecule has 0 aromatic heterocycles. The summed E-state index contributed by atoms with van der Waals surface area (Å²) in [5.41, 5.74) is 0. The Balaban J connectivity index is 1.93. The van der Waals surface area contributed by atoms with Gasteiger partial charge in [0.1, 0.15) is 0 Å². The molecule has 2 heteroatoms. The molecular formula is C8H15NS. The van der Waals surface area contributed by atoms with Gasteiger partial charge in [0, 0.05) is 24.1 Å². The molecular weight excluding hydrogens is 142 g/mol. The van der Waals surface area contributed by atoms with Crippen LogP contribution in [0, 0.1) is 0 Å². The minimum atomic E-state index is 0.951. The molecule has 1 atom stereocenters. The zero-order chi connectivity index (χ0) is 6.81. The lowest BCUT2D eigenvalue weighted by Gasteiger charge is -2.38. The summed E-state index contributed by atoms with van der Waals surface area (Å²) in [4.78, 5) is 2.68. The van der Waals surface area contributed by atoms with E-state index in [1.807, 2.05) is 0 Å². The van der Waals surface area contributed by atoms with Gasteiger partial charge in [0.25, 0.3) is 0 Å². The maximum absolute atomic E-state index is 2.68.